The predicted octanol–water partition coefficient (Wildman–Crippen LogP) is 3.50. The monoisotopic (exact) mass is 284 g/mol. The van der Waals surface area contributed by atoms with Gasteiger partial charge in [0.15, 0.2) is 0 Å². The molecule has 1 rings (SSSR count). The lowest BCUT2D eigenvalue weighted by molar-refractivity contribution is 0.126. The number of nitrogens with zero attached hydrogens (tertiary/aromatic N) is 1. The second kappa shape index (κ2) is 9.18. The summed E-state index contributed by atoms with van der Waals surface area (Å²) in [5.74, 6) is 0. The Morgan fingerprint density at radius 1 is 1.32 bits per heavy atom. The molecule has 1 N–H and O–H groups in total. The first-order valence-corrected chi connectivity index (χ1v) is 7.28. The molecule has 0 saturated heterocycles. The predicted molar refractivity (Wildman–Crippen MR) is 83.1 cm³/mol. The standard InChI is InChI=1S/C15H25ClN2O/c1-4-13(2)18(11-12-19-3)10-9-17-15-8-6-5-7-14(15)16/h5-8,13,17H,4,9-12H2,1-3H3. The Bertz CT molecular complexity index is 360. The number of halogens is 1. The maximum absolute atomic E-state index is 6.12. The van der Waals surface area contributed by atoms with Crippen LogP contribution >= 0.6 is 11.6 Å². The van der Waals surface area contributed by atoms with Crippen LogP contribution in [-0.4, -0.2) is 44.3 Å². The average molecular weight is 285 g/mol. The van der Waals surface area contributed by atoms with Crippen molar-refractivity contribution in [2.45, 2.75) is 26.3 Å². The number of ether oxygens (including phenoxy) is 1. The van der Waals surface area contributed by atoms with Gasteiger partial charge in [-0.3, -0.25) is 4.90 Å². The second-order valence-electron chi connectivity index (χ2n) is 4.69. The number of rotatable bonds is 9. The van der Waals surface area contributed by atoms with E-state index < -0.39 is 0 Å². The van der Waals surface area contributed by atoms with Crippen LogP contribution in [-0.2, 0) is 4.74 Å². The SMILES string of the molecule is CCC(C)N(CCNc1ccccc1Cl)CCOC. The van der Waals surface area contributed by atoms with E-state index >= 15 is 0 Å². The van der Waals surface area contributed by atoms with E-state index in [9.17, 15) is 0 Å². The molecular formula is C15H25ClN2O. The Kier molecular flexibility index (Phi) is 7.87. The van der Waals surface area contributed by atoms with E-state index in [0.29, 0.717) is 6.04 Å². The third-order valence-corrected chi connectivity index (χ3v) is 3.71. The van der Waals surface area contributed by atoms with Gasteiger partial charge in [-0.25, -0.2) is 0 Å². The Hall–Kier alpha value is -0.770. The first kappa shape index (κ1) is 16.3. The molecule has 0 saturated carbocycles. The maximum atomic E-state index is 6.12. The van der Waals surface area contributed by atoms with Gasteiger partial charge in [0.2, 0.25) is 0 Å². The lowest BCUT2D eigenvalue weighted by Crippen LogP contribution is -2.38. The molecule has 0 amide bonds. The Morgan fingerprint density at radius 3 is 2.68 bits per heavy atom. The van der Waals surface area contributed by atoms with E-state index in [4.69, 9.17) is 16.3 Å². The summed E-state index contributed by atoms with van der Waals surface area (Å²) < 4.78 is 5.17. The van der Waals surface area contributed by atoms with Gasteiger partial charge in [-0.05, 0) is 25.5 Å². The van der Waals surface area contributed by atoms with Gasteiger partial charge in [0.25, 0.3) is 0 Å². The molecule has 108 valence electrons. The van der Waals surface area contributed by atoms with E-state index in [1.165, 1.54) is 0 Å². The Labute approximate surface area is 121 Å². The van der Waals surface area contributed by atoms with Crippen molar-refractivity contribution in [1.29, 1.82) is 0 Å². The number of methoxy groups -OCH3 is 1. The Balaban J connectivity index is 2.41. The van der Waals surface area contributed by atoms with Crippen molar-refractivity contribution in [1.82, 2.24) is 4.90 Å². The van der Waals surface area contributed by atoms with Crippen molar-refractivity contribution in [2.75, 3.05) is 38.7 Å². The fourth-order valence-corrected chi connectivity index (χ4v) is 2.16. The molecule has 0 aromatic heterocycles. The summed E-state index contributed by atoms with van der Waals surface area (Å²) in [6.07, 6.45) is 1.15. The Morgan fingerprint density at radius 2 is 2.05 bits per heavy atom. The molecule has 0 spiro atoms. The molecule has 1 aromatic carbocycles. The van der Waals surface area contributed by atoms with Gasteiger partial charge >= 0.3 is 0 Å². The van der Waals surface area contributed by atoms with Gasteiger partial charge in [-0.15, -0.1) is 0 Å². The molecule has 3 nitrogen and oxygen atoms in total. The average Bonchev–Trinajstić information content (AvgIpc) is 2.43. The molecule has 0 aliphatic heterocycles. The largest absolute Gasteiger partial charge is 0.383 e. The van der Waals surface area contributed by atoms with E-state index in [0.717, 1.165) is 43.4 Å². The molecule has 4 heteroatoms. The van der Waals surface area contributed by atoms with Crippen LogP contribution in [0, 0.1) is 0 Å². The van der Waals surface area contributed by atoms with Crippen molar-refractivity contribution < 1.29 is 4.74 Å². The molecule has 1 aromatic rings. The molecular weight excluding hydrogens is 260 g/mol. The summed E-state index contributed by atoms with van der Waals surface area (Å²) in [5.41, 5.74) is 1.00. The van der Waals surface area contributed by atoms with Crippen LogP contribution in [0.4, 0.5) is 5.69 Å². The zero-order chi connectivity index (χ0) is 14.1. The molecule has 1 unspecified atom stereocenters. The van der Waals surface area contributed by atoms with Crippen molar-refractivity contribution in [3.8, 4) is 0 Å². The van der Waals surface area contributed by atoms with Gasteiger partial charge < -0.3 is 10.1 Å². The fourth-order valence-electron chi connectivity index (χ4n) is 1.96. The van der Waals surface area contributed by atoms with Crippen LogP contribution in [0.25, 0.3) is 0 Å². The second-order valence-corrected chi connectivity index (χ2v) is 5.10. The summed E-state index contributed by atoms with van der Waals surface area (Å²) in [7, 11) is 1.75. The first-order valence-electron chi connectivity index (χ1n) is 6.90. The van der Waals surface area contributed by atoms with Crippen molar-refractivity contribution in [3.63, 3.8) is 0 Å². The highest BCUT2D eigenvalue weighted by atomic mass is 35.5. The zero-order valence-corrected chi connectivity index (χ0v) is 12.9. The lowest BCUT2D eigenvalue weighted by atomic mass is 10.2. The topological polar surface area (TPSA) is 24.5 Å². The zero-order valence-electron chi connectivity index (χ0n) is 12.2. The quantitative estimate of drug-likeness (QED) is 0.751. The van der Waals surface area contributed by atoms with E-state index in [-0.39, 0.29) is 0 Å². The highest BCUT2D eigenvalue weighted by Gasteiger charge is 2.11. The molecule has 0 radical (unpaired) electrons. The fraction of sp³-hybridized carbons (Fsp3) is 0.600. The van der Waals surface area contributed by atoms with E-state index in [1.54, 1.807) is 7.11 Å². The maximum Gasteiger partial charge on any atom is 0.0637 e. The molecule has 19 heavy (non-hydrogen) atoms. The highest BCUT2D eigenvalue weighted by molar-refractivity contribution is 6.33. The third kappa shape index (κ3) is 5.81. The van der Waals surface area contributed by atoms with Crippen LogP contribution in [0.5, 0.6) is 0 Å². The molecule has 0 fully saturated rings. The summed E-state index contributed by atoms with van der Waals surface area (Å²) in [4.78, 5) is 2.44. The molecule has 0 heterocycles. The van der Waals surface area contributed by atoms with Crippen LogP contribution in [0.15, 0.2) is 24.3 Å². The normalized spacial score (nSPS) is 12.7. The smallest absolute Gasteiger partial charge is 0.0637 e. The minimum Gasteiger partial charge on any atom is -0.383 e. The number of hydrogen-bond donors (Lipinski definition) is 1. The van der Waals surface area contributed by atoms with Crippen LogP contribution in [0.3, 0.4) is 0 Å². The van der Waals surface area contributed by atoms with Crippen LogP contribution in [0.2, 0.25) is 5.02 Å². The van der Waals surface area contributed by atoms with Crippen molar-refractivity contribution in [2.24, 2.45) is 0 Å². The number of nitrogens with one attached hydrogen (secondary N) is 1. The highest BCUT2D eigenvalue weighted by Crippen LogP contribution is 2.20. The number of hydrogen-bond acceptors (Lipinski definition) is 3. The molecule has 0 aliphatic rings. The minimum atomic E-state index is 0.572. The molecule has 0 aliphatic carbocycles. The van der Waals surface area contributed by atoms with Gasteiger partial charge in [-0.2, -0.15) is 0 Å². The van der Waals surface area contributed by atoms with Crippen molar-refractivity contribution in [3.05, 3.63) is 29.3 Å². The van der Waals surface area contributed by atoms with Gasteiger partial charge in [-0.1, -0.05) is 30.7 Å². The number of para-hydroxylation sites is 1. The third-order valence-electron chi connectivity index (χ3n) is 3.39. The van der Waals surface area contributed by atoms with Gasteiger partial charge in [0.1, 0.15) is 0 Å². The van der Waals surface area contributed by atoms with E-state index in [1.807, 2.05) is 24.3 Å². The van der Waals surface area contributed by atoms with Crippen LogP contribution in [0.1, 0.15) is 20.3 Å². The minimum absolute atomic E-state index is 0.572. The number of anilines is 1. The van der Waals surface area contributed by atoms with Crippen molar-refractivity contribution >= 4 is 17.3 Å². The van der Waals surface area contributed by atoms with E-state index in [2.05, 4.69) is 24.1 Å². The molecule has 0 bridgehead atoms. The summed E-state index contributed by atoms with van der Waals surface area (Å²) in [5, 5.41) is 4.16. The number of benzene rings is 1. The summed E-state index contributed by atoms with van der Waals surface area (Å²) >= 11 is 6.12. The van der Waals surface area contributed by atoms with Gasteiger partial charge in [0, 0.05) is 32.8 Å². The van der Waals surface area contributed by atoms with Crippen LogP contribution < -0.4 is 5.32 Å². The lowest BCUT2D eigenvalue weighted by Gasteiger charge is -2.28. The summed E-state index contributed by atoms with van der Waals surface area (Å²) in [6, 6.07) is 8.42. The van der Waals surface area contributed by atoms with Gasteiger partial charge in [0.05, 0.1) is 17.3 Å². The summed E-state index contributed by atoms with van der Waals surface area (Å²) in [6.45, 7) is 8.09. The first-order chi connectivity index (χ1) is 9.19. The molecule has 1 atom stereocenters.